The molecule has 1 aliphatic heterocycles. The second-order valence-corrected chi connectivity index (χ2v) is 9.36. The fourth-order valence-corrected chi connectivity index (χ4v) is 5.19. The SMILES string of the molecule is Cn1c(-c2cc3cccc(C#N)c3n2Cc2ccno2)nc2cc3c(cc21)CCN(C[C@H](N)CF)C3=O. The first-order valence-electron chi connectivity index (χ1n) is 12.0. The maximum absolute atomic E-state index is 13.2. The molecule has 0 saturated heterocycles. The highest BCUT2D eigenvalue weighted by Crippen LogP contribution is 2.34. The van der Waals surface area contributed by atoms with Crippen molar-refractivity contribution in [3.8, 4) is 17.6 Å². The summed E-state index contributed by atoms with van der Waals surface area (Å²) < 4.78 is 22.3. The van der Waals surface area contributed by atoms with Crippen molar-refractivity contribution in [2.45, 2.75) is 19.0 Å². The Kier molecular flexibility index (Phi) is 5.50. The van der Waals surface area contributed by atoms with Crippen LogP contribution in [0.1, 0.15) is 27.2 Å². The highest BCUT2D eigenvalue weighted by atomic mass is 19.1. The average molecular weight is 498 g/mol. The Hall–Kier alpha value is -4.49. The van der Waals surface area contributed by atoms with Crippen LogP contribution in [0.15, 0.2) is 53.2 Å². The van der Waals surface area contributed by atoms with E-state index in [0.717, 1.165) is 27.7 Å². The molecule has 0 bridgehead atoms. The van der Waals surface area contributed by atoms with Gasteiger partial charge in [0, 0.05) is 37.2 Å². The van der Waals surface area contributed by atoms with Gasteiger partial charge in [0.05, 0.1) is 46.6 Å². The van der Waals surface area contributed by atoms with Crippen molar-refractivity contribution in [3.05, 3.63) is 71.1 Å². The molecule has 1 atom stereocenters. The van der Waals surface area contributed by atoms with Crippen LogP contribution in [-0.4, -0.2) is 55.9 Å². The number of halogens is 1. The minimum absolute atomic E-state index is 0.155. The van der Waals surface area contributed by atoms with Crippen LogP contribution in [-0.2, 0) is 20.0 Å². The molecule has 186 valence electrons. The lowest BCUT2D eigenvalue weighted by Gasteiger charge is -2.30. The number of rotatable bonds is 6. The van der Waals surface area contributed by atoms with Crippen LogP contribution in [0.3, 0.4) is 0 Å². The zero-order chi connectivity index (χ0) is 25.7. The van der Waals surface area contributed by atoms with E-state index < -0.39 is 12.7 Å². The standard InChI is InChI=1S/C27H24FN7O2/c1-33-23-9-16-6-8-34(14-19(30)12-28)27(36)21(16)11-22(23)32-26(33)24-10-17-3-2-4-18(13-29)25(17)35(24)15-20-5-7-31-37-20/h2-5,7,9-11,19H,6,8,12,14-15,30H2,1H3/t19-/m1/s1. The third-order valence-corrected chi connectivity index (χ3v) is 7.00. The van der Waals surface area contributed by atoms with Gasteiger partial charge in [0.25, 0.3) is 5.91 Å². The Morgan fingerprint density at radius 1 is 1.27 bits per heavy atom. The van der Waals surface area contributed by atoms with Gasteiger partial charge in [-0.15, -0.1) is 0 Å². The van der Waals surface area contributed by atoms with E-state index in [-0.39, 0.29) is 12.5 Å². The Balaban J connectivity index is 1.50. The van der Waals surface area contributed by atoms with Crippen LogP contribution in [0.2, 0.25) is 0 Å². The number of carbonyl (C=O) groups is 1. The lowest BCUT2D eigenvalue weighted by Crippen LogP contribution is -2.45. The minimum atomic E-state index is -0.694. The Morgan fingerprint density at radius 3 is 2.89 bits per heavy atom. The summed E-state index contributed by atoms with van der Waals surface area (Å²) in [6, 6.07) is 14.8. The number of hydrogen-bond donors (Lipinski definition) is 1. The van der Waals surface area contributed by atoms with Crippen LogP contribution >= 0.6 is 0 Å². The van der Waals surface area contributed by atoms with Gasteiger partial charge in [-0.25, -0.2) is 9.37 Å². The van der Waals surface area contributed by atoms with Crippen molar-refractivity contribution < 1.29 is 13.7 Å². The molecule has 2 aromatic carbocycles. The molecule has 5 aromatic rings. The molecule has 0 aliphatic carbocycles. The fraction of sp³-hybridized carbons (Fsp3) is 0.259. The molecule has 4 heterocycles. The van der Waals surface area contributed by atoms with Gasteiger partial charge in [0.15, 0.2) is 11.6 Å². The number of aromatic nitrogens is 4. The number of nitriles is 1. The normalized spacial score (nSPS) is 14.3. The minimum Gasteiger partial charge on any atom is -0.359 e. The Bertz CT molecular complexity index is 1690. The summed E-state index contributed by atoms with van der Waals surface area (Å²) in [6.45, 7) is 0.385. The van der Waals surface area contributed by atoms with Crippen molar-refractivity contribution in [2.24, 2.45) is 12.8 Å². The van der Waals surface area contributed by atoms with Crippen LogP contribution < -0.4 is 5.73 Å². The molecule has 3 aromatic heterocycles. The Labute approximate surface area is 211 Å². The molecule has 9 nitrogen and oxygen atoms in total. The molecule has 0 unspecified atom stereocenters. The second kappa shape index (κ2) is 8.87. The van der Waals surface area contributed by atoms with E-state index in [4.69, 9.17) is 15.2 Å². The van der Waals surface area contributed by atoms with Gasteiger partial charge in [0.1, 0.15) is 12.7 Å². The van der Waals surface area contributed by atoms with Gasteiger partial charge in [-0.1, -0.05) is 17.3 Å². The number of nitrogens with two attached hydrogens (primary N) is 1. The van der Waals surface area contributed by atoms with Gasteiger partial charge in [-0.05, 0) is 36.2 Å². The molecular weight excluding hydrogens is 473 g/mol. The summed E-state index contributed by atoms with van der Waals surface area (Å²) in [4.78, 5) is 19.7. The number of aryl methyl sites for hydroxylation is 1. The van der Waals surface area contributed by atoms with Crippen molar-refractivity contribution in [2.75, 3.05) is 19.8 Å². The van der Waals surface area contributed by atoms with Gasteiger partial charge in [-0.2, -0.15) is 5.26 Å². The summed E-state index contributed by atoms with van der Waals surface area (Å²) in [5, 5.41) is 14.5. The third-order valence-electron chi connectivity index (χ3n) is 7.00. The molecule has 6 rings (SSSR count). The van der Waals surface area contributed by atoms with Crippen molar-refractivity contribution in [1.82, 2.24) is 24.2 Å². The zero-order valence-corrected chi connectivity index (χ0v) is 20.2. The quantitative estimate of drug-likeness (QED) is 0.384. The predicted octanol–water partition coefficient (Wildman–Crippen LogP) is 3.40. The number of alkyl halides is 1. The number of amides is 1. The summed E-state index contributed by atoms with van der Waals surface area (Å²) in [6.07, 6.45) is 2.25. The first-order valence-corrected chi connectivity index (χ1v) is 12.0. The van der Waals surface area contributed by atoms with Crippen LogP contribution in [0, 0.1) is 11.3 Å². The number of benzene rings is 2. The van der Waals surface area contributed by atoms with E-state index in [1.54, 1.807) is 23.2 Å². The fourth-order valence-electron chi connectivity index (χ4n) is 5.19. The topological polar surface area (TPSA) is 119 Å². The number of carbonyl (C=O) groups excluding carboxylic acids is 1. The highest BCUT2D eigenvalue weighted by molar-refractivity contribution is 6.01. The second-order valence-electron chi connectivity index (χ2n) is 9.36. The average Bonchev–Trinajstić information content (AvgIpc) is 3.63. The molecule has 37 heavy (non-hydrogen) atoms. The molecule has 0 spiro atoms. The number of para-hydroxylation sites is 1. The van der Waals surface area contributed by atoms with Crippen molar-refractivity contribution >= 4 is 27.8 Å². The number of nitrogens with zero attached hydrogens (tertiary/aromatic N) is 6. The predicted molar refractivity (Wildman–Crippen MR) is 136 cm³/mol. The summed E-state index contributed by atoms with van der Waals surface area (Å²) in [7, 11) is 1.94. The smallest absolute Gasteiger partial charge is 0.254 e. The zero-order valence-electron chi connectivity index (χ0n) is 20.2. The molecule has 1 aliphatic rings. The monoisotopic (exact) mass is 497 g/mol. The summed E-state index contributed by atoms with van der Waals surface area (Å²) in [5.41, 5.74) is 11.0. The van der Waals surface area contributed by atoms with Crippen molar-refractivity contribution in [3.63, 3.8) is 0 Å². The van der Waals surface area contributed by atoms with E-state index in [1.165, 1.54) is 0 Å². The molecule has 0 radical (unpaired) electrons. The molecule has 0 saturated carbocycles. The largest absolute Gasteiger partial charge is 0.359 e. The molecular formula is C27H24FN7O2. The molecule has 0 fully saturated rings. The lowest BCUT2D eigenvalue weighted by molar-refractivity contribution is 0.0725. The first-order chi connectivity index (χ1) is 18.0. The van der Waals surface area contributed by atoms with Gasteiger partial charge in [-0.3, -0.25) is 4.79 Å². The van der Waals surface area contributed by atoms with E-state index in [0.29, 0.717) is 47.7 Å². The van der Waals surface area contributed by atoms with E-state index in [2.05, 4.69) is 11.2 Å². The van der Waals surface area contributed by atoms with E-state index in [9.17, 15) is 14.4 Å². The van der Waals surface area contributed by atoms with Gasteiger partial charge >= 0.3 is 0 Å². The maximum atomic E-state index is 13.2. The third kappa shape index (κ3) is 3.75. The maximum Gasteiger partial charge on any atom is 0.254 e. The number of imidazole rings is 1. The van der Waals surface area contributed by atoms with Crippen LogP contribution in [0.5, 0.6) is 0 Å². The number of hydrogen-bond acceptors (Lipinski definition) is 6. The van der Waals surface area contributed by atoms with Gasteiger partial charge in [0.2, 0.25) is 0 Å². The van der Waals surface area contributed by atoms with E-state index >= 15 is 0 Å². The summed E-state index contributed by atoms with van der Waals surface area (Å²) >= 11 is 0. The van der Waals surface area contributed by atoms with Crippen LogP contribution in [0.4, 0.5) is 4.39 Å². The highest BCUT2D eigenvalue weighted by Gasteiger charge is 2.28. The van der Waals surface area contributed by atoms with E-state index in [1.807, 2.05) is 46.5 Å². The molecule has 2 N–H and O–H groups in total. The molecule has 10 heteroatoms. The lowest BCUT2D eigenvalue weighted by atomic mass is 9.97. The Morgan fingerprint density at radius 2 is 2.14 bits per heavy atom. The van der Waals surface area contributed by atoms with Crippen LogP contribution in [0.25, 0.3) is 33.5 Å². The summed E-state index contributed by atoms with van der Waals surface area (Å²) in [5.74, 6) is 1.19. The van der Waals surface area contributed by atoms with Crippen molar-refractivity contribution in [1.29, 1.82) is 5.26 Å². The number of fused-ring (bicyclic) bond motifs is 3. The van der Waals surface area contributed by atoms with Gasteiger partial charge < -0.3 is 24.3 Å². The first kappa shape index (κ1) is 22.9. The molecule has 1 amide bonds.